The van der Waals surface area contributed by atoms with Gasteiger partial charge in [-0.25, -0.2) is 0 Å². The third-order valence-electron chi connectivity index (χ3n) is 2.58. The molecule has 0 aliphatic heterocycles. The largest absolute Gasteiger partial charge is 0.822 e. The van der Waals surface area contributed by atoms with E-state index in [-0.39, 0.29) is 5.17 Å². The molecule has 0 aromatic heterocycles. The molecule has 2 nitrogen and oxygen atoms in total. The Morgan fingerprint density at radius 3 is 2.08 bits per heavy atom. The van der Waals surface area contributed by atoms with E-state index >= 15 is 0 Å². The van der Waals surface area contributed by atoms with Gasteiger partial charge in [0.2, 0.25) is 0 Å². The van der Waals surface area contributed by atoms with Crippen molar-refractivity contribution < 1.29 is 9.59 Å². The van der Waals surface area contributed by atoms with Gasteiger partial charge in [0.15, 0.2) is 0 Å². The van der Waals surface area contributed by atoms with E-state index < -0.39 is 0 Å². The van der Waals surface area contributed by atoms with Crippen molar-refractivity contribution in [3.63, 3.8) is 0 Å². The standard InChI is InChI=1S/C10H21NOS/c1-4-7-9-11(6-3,8-5-2)10(12)13/h4-9H2,1-3H3. The van der Waals surface area contributed by atoms with E-state index in [9.17, 15) is 5.11 Å². The molecule has 0 aliphatic carbocycles. The van der Waals surface area contributed by atoms with Crippen LogP contribution in [0.5, 0.6) is 0 Å². The lowest BCUT2D eigenvalue weighted by atomic mass is 10.2. The van der Waals surface area contributed by atoms with Crippen LogP contribution in [0.3, 0.4) is 0 Å². The quantitative estimate of drug-likeness (QED) is 0.484. The summed E-state index contributed by atoms with van der Waals surface area (Å²) in [7, 11) is 0. The molecule has 0 aromatic carbocycles. The molecule has 0 aliphatic rings. The Morgan fingerprint density at radius 1 is 1.15 bits per heavy atom. The molecule has 0 aromatic rings. The predicted octanol–water partition coefficient (Wildman–Crippen LogP) is 1.68. The fourth-order valence-electron chi connectivity index (χ4n) is 1.63. The molecule has 0 bridgehead atoms. The van der Waals surface area contributed by atoms with E-state index in [1.54, 1.807) is 0 Å². The highest BCUT2D eigenvalue weighted by Crippen LogP contribution is 2.10. The van der Waals surface area contributed by atoms with Crippen LogP contribution in [0.15, 0.2) is 0 Å². The Morgan fingerprint density at radius 2 is 1.77 bits per heavy atom. The highest BCUT2D eigenvalue weighted by Gasteiger charge is 2.23. The summed E-state index contributed by atoms with van der Waals surface area (Å²) in [4.78, 5) is 0. The maximum Gasteiger partial charge on any atom is 0.138 e. The molecule has 78 valence electrons. The van der Waals surface area contributed by atoms with E-state index in [1.165, 1.54) is 0 Å². The highest BCUT2D eigenvalue weighted by atomic mass is 32.1. The number of hydrogen-bond acceptors (Lipinski definition) is 2. The fourth-order valence-corrected chi connectivity index (χ4v) is 1.94. The molecule has 0 saturated carbocycles. The zero-order valence-electron chi connectivity index (χ0n) is 9.01. The van der Waals surface area contributed by atoms with Gasteiger partial charge in [-0.1, -0.05) is 20.3 Å². The number of rotatable bonds is 6. The van der Waals surface area contributed by atoms with Gasteiger partial charge in [0.1, 0.15) is 5.17 Å². The minimum Gasteiger partial charge on any atom is -0.822 e. The highest BCUT2D eigenvalue weighted by molar-refractivity contribution is 7.79. The molecule has 0 rings (SSSR count). The summed E-state index contributed by atoms with van der Waals surface area (Å²) < 4.78 is 0.500. The van der Waals surface area contributed by atoms with Crippen LogP contribution in [-0.4, -0.2) is 29.3 Å². The molecule has 3 heteroatoms. The van der Waals surface area contributed by atoms with Crippen molar-refractivity contribution in [2.24, 2.45) is 0 Å². The van der Waals surface area contributed by atoms with E-state index in [1.807, 2.05) is 0 Å². The Labute approximate surface area is 87.1 Å². The molecule has 13 heavy (non-hydrogen) atoms. The first kappa shape index (κ1) is 12.8. The fraction of sp³-hybridized carbons (Fsp3) is 0.900. The normalized spacial score (nSPS) is 15.3. The zero-order chi connectivity index (χ0) is 10.3. The molecule has 0 fully saturated rings. The second-order valence-corrected chi connectivity index (χ2v) is 3.88. The van der Waals surface area contributed by atoms with Crippen molar-refractivity contribution in [1.29, 1.82) is 0 Å². The van der Waals surface area contributed by atoms with Gasteiger partial charge in [-0.15, -0.1) is 0 Å². The van der Waals surface area contributed by atoms with Crippen LogP contribution >= 0.6 is 12.2 Å². The molecule has 0 spiro atoms. The number of unbranched alkanes of at least 4 members (excludes halogenated alkanes) is 1. The van der Waals surface area contributed by atoms with Gasteiger partial charge < -0.3 is 5.11 Å². The van der Waals surface area contributed by atoms with Crippen LogP contribution < -0.4 is 5.11 Å². The molecule has 0 amide bonds. The number of thiocarbonyl (C=S) groups is 1. The number of hydrogen-bond donors (Lipinski definition) is 0. The Bertz CT molecular complexity index is 161. The minimum atomic E-state index is -0.0854. The zero-order valence-corrected chi connectivity index (χ0v) is 9.82. The Kier molecular flexibility index (Phi) is 6.25. The number of quaternary nitrogens is 1. The van der Waals surface area contributed by atoms with Crippen molar-refractivity contribution in [2.75, 3.05) is 19.6 Å². The van der Waals surface area contributed by atoms with Crippen LogP contribution in [0.4, 0.5) is 0 Å². The molecular weight excluding hydrogens is 182 g/mol. The summed E-state index contributed by atoms with van der Waals surface area (Å²) in [5.74, 6) is 0. The minimum absolute atomic E-state index is 0.0854. The maximum absolute atomic E-state index is 11.4. The summed E-state index contributed by atoms with van der Waals surface area (Å²) in [6, 6.07) is 0. The molecule has 1 atom stereocenters. The second-order valence-electron chi connectivity index (χ2n) is 3.53. The predicted molar refractivity (Wildman–Crippen MR) is 58.3 cm³/mol. The summed E-state index contributed by atoms with van der Waals surface area (Å²) in [5, 5.41) is 11.3. The first-order chi connectivity index (χ1) is 6.13. The van der Waals surface area contributed by atoms with Gasteiger partial charge in [0.05, 0.1) is 19.6 Å². The van der Waals surface area contributed by atoms with Crippen molar-refractivity contribution in [2.45, 2.75) is 40.0 Å². The monoisotopic (exact) mass is 203 g/mol. The average molecular weight is 203 g/mol. The van der Waals surface area contributed by atoms with Crippen LogP contribution in [-0.2, 0) is 0 Å². The first-order valence-electron chi connectivity index (χ1n) is 5.20. The van der Waals surface area contributed by atoms with Gasteiger partial charge in [-0.3, -0.25) is 4.48 Å². The maximum atomic E-state index is 11.4. The third-order valence-corrected chi connectivity index (χ3v) is 2.97. The molecular formula is C10H21NOS. The number of nitrogens with zero attached hydrogens (tertiary/aromatic N) is 1. The molecule has 1 unspecified atom stereocenters. The lowest BCUT2D eigenvalue weighted by Gasteiger charge is -2.39. The van der Waals surface area contributed by atoms with Crippen molar-refractivity contribution in [3.05, 3.63) is 0 Å². The van der Waals surface area contributed by atoms with Crippen LogP contribution in [0.2, 0.25) is 0 Å². The van der Waals surface area contributed by atoms with E-state index in [2.05, 4.69) is 20.8 Å². The second kappa shape index (κ2) is 6.33. The van der Waals surface area contributed by atoms with E-state index in [0.29, 0.717) is 4.48 Å². The Hall–Kier alpha value is -0.150. The van der Waals surface area contributed by atoms with Gasteiger partial charge in [-0.05, 0) is 32.0 Å². The summed E-state index contributed by atoms with van der Waals surface area (Å²) in [6.07, 6.45) is 3.25. The van der Waals surface area contributed by atoms with Crippen LogP contribution in [0.25, 0.3) is 0 Å². The molecule has 0 N–H and O–H groups in total. The topological polar surface area (TPSA) is 23.1 Å². The average Bonchev–Trinajstić information content (AvgIpc) is 2.12. The summed E-state index contributed by atoms with van der Waals surface area (Å²) in [5.41, 5.74) is 0. The summed E-state index contributed by atoms with van der Waals surface area (Å²) in [6.45, 7) is 8.96. The van der Waals surface area contributed by atoms with Gasteiger partial charge in [0.25, 0.3) is 0 Å². The van der Waals surface area contributed by atoms with Crippen molar-refractivity contribution in [3.8, 4) is 0 Å². The lowest BCUT2D eigenvalue weighted by molar-refractivity contribution is -0.863. The van der Waals surface area contributed by atoms with E-state index in [0.717, 1.165) is 38.9 Å². The lowest BCUT2D eigenvalue weighted by Crippen LogP contribution is -2.57. The van der Waals surface area contributed by atoms with Crippen LogP contribution in [0.1, 0.15) is 40.0 Å². The Balaban J connectivity index is 4.35. The van der Waals surface area contributed by atoms with Crippen molar-refractivity contribution in [1.82, 2.24) is 0 Å². The van der Waals surface area contributed by atoms with Gasteiger partial charge in [0, 0.05) is 0 Å². The molecule has 0 saturated heterocycles. The molecule has 0 radical (unpaired) electrons. The van der Waals surface area contributed by atoms with E-state index in [4.69, 9.17) is 12.2 Å². The SMILES string of the molecule is CCCC[N+](CC)(CCC)C([O-])=S. The molecule has 0 heterocycles. The van der Waals surface area contributed by atoms with Crippen molar-refractivity contribution >= 4 is 17.4 Å². The van der Waals surface area contributed by atoms with Gasteiger partial charge in [-0.2, -0.15) is 0 Å². The van der Waals surface area contributed by atoms with Gasteiger partial charge >= 0.3 is 0 Å². The smallest absolute Gasteiger partial charge is 0.138 e. The third kappa shape index (κ3) is 3.61. The first-order valence-corrected chi connectivity index (χ1v) is 5.61. The summed E-state index contributed by atoms with van der Waals surface area (Å²) >= 11 is 4.82. The van der Waals surface area contributed by atoms with Crippen LogP contribution in [0, 0.1) is 0 Å².